The summed E-state index contributed by atoms with van der Waals surface area (Å²) in [5, 5.41) is 0.413. The van der Waals surface area contributed by atoms with E-state index in [-0.39, 0.29) is 27.3 Å². The molecule has 1 aliphatic rings. The number of hydrogen-bond donors (Lipinski definition) is 0. The average molecular weight is 547 g/mol. The van der Waals surface area contributed by atoms with E-state index in [1.54, 1.807) is 50.3 Å². The van der Waals surface area contributed by atoms with Gasteiger partial charge in [0, 0.05) is 25.0 Å². The normalized spacial score (nSPS) is 15.6. The molecule has 0 N–H and O–H groups in total. The highest BCUT2D eigenvalue weighted by Gasteiger charge is 2.22. The van der Waals surface area contributed by atoms with Gasteiger partial charge in [0.05, 0.1) is 23.3 Å². The third-order valence-corrected chi connectivity index (χ3v) is 5.87. The number of halogens is 2. The van der Waals surface area contributed by atoms with Crippen LogP contribution >= 0.6 is 23.2 Å². The van der Waals surface area contributed by atoms with Gasteiger partial charge in [0.25, 0.3) is 0 Å². The molecule has 2 aromatic carbocycles. The number of hydrogen-bond acceptors (Lipinski definition) is 7. The molecule has 0 atom stereocenters. The van der Waals surface area contributed by atoms with E-state index in [0.717, 1.165) is 6.42 Å². The van der Waals surface area contributed by atoms with Crippen molar-refractivity contribution < 1.29 is 33.3 Å². The fraction of sp³-hybridized carbons (Fsp3) is 0.321. The Morgan fingerprint density at radius 2 is 1.19 bits per heavy atom. The molecule has 1 aliphatic carbocycles. The second kappa shape index (κ2) is 12.8. The summed E-state index contributed by atoms with van der Waals surface area (Å²) in [6.45, 7) is 6.87. The minimum Gasteiger partial charge on any atom is -0.490 e. The van der Waals surface area contributed by atoms with E-state index in [4.69, 9.17) is 42.1 Å². The number of benzene rings is 2. The van der Waals surface area contributed by atoms with Crippen molar-refractivity contribution in [2.45, 2.75) is 47.0 Å². The molecule has 0 unspecified atom stereocenters. The minimum absolute atomic E-state index is 0.0949. The molecule has 0 radical (unpaired) electrons. The van der Waals surface area contributed by atoms with Gasteiger partial charge in [-0.2, -0.15) is 0 Å². The number of ether oxygens (including phenoxy) is 4. The molecule has 7 nitrogen and oxygen atoms in total. The van der Waals surface area contributed by atoms with Crippen molar-refractivity contribution in [2.75, 3.05) is 13.2 Å². The molecule has 0 saturated heterocycles. The standard InChI is InChI=1S/C28H28Cl2O7/c1-5-34-24-14-18(12-22(29)27(24)36-16(3)31)10-20-8-7-9-21(26(20)33)11-19-13-23(30)28(37-17(4)32)25(15-19)35-6-2/h10-15H,5-9H2,1-4H3/b20-10-,21-11-. The highest BCUT2D eigenvalue weighted by Crippen LogP contribution is 2.40. The van der Waals surface area contributed by atoms with E-state index in [1.165, 1.54) is 13.8 Å². The largest absolute Gasteiger partial charge is 0.490 e. The van der Waals surface area contributed by atoms with Gasteiger partial charge in [-0.1, -0.05) is 23.2 Å². The maximum atomic E-state index is 13.3. The second-order valence-corrected chi connectivity index (χ2v) is 9.05. The Kier molecular flexibility index (Phi) is 9.78. The zero-order valence-electron chi connectivity index (χ0n) is 21.1. The van der Waals surface area contributed by atoms with E-state index in [9.17, 15) is 14.4 Å². The zero-order valence-corrected chi connectivity index (χ0v) is 22.6. The van der Waals surface area contributed by atoms with Gasteiger partial charge >= 0.3 is 11.9 Å². The van der Waals surface area contributed by atoms with Crippen LogP contribution in [0.2, 0.25) is 10.0 Å². The predicted molar refractivity (Wildman–Crippen MR) is 143 cm³/mol. The SMILES string of the molecule is CCOc1cc(/C=C2/CCC/C(=C/c3cc(Cl)c(OC(C)=O)c(OCC)c3)C2=O)cc(Cl)c1OC(C)=O. The molecule has 37 heavy (non-hydrogen) atoms. The zero-order chi connectivity index (χ0) is 27.1. The topological polar surface area (TPSA) is 88.1 Å². The lowest BCUT2D eigenvalue weighted by Gasteiger charge is -2.18. The van der Waals surface area contributed by atoms with Crippen LogP contribution in [-0.2, 0) is 14.4 Å². The summed E-state index contributed by atoms with van der Waals surface area (Å²) in [6, 6.07) is 6.63. The summed E-state index contributed by atoms with van der Waals surface area (Å²) < 4.78 is 21.6. The first-order chi connectivity index (χ1) is 17.6. The Labute approximate surface area is 225 Å². The molecule has 0 bridgehead atoms. The van der Waals surface area contributed by atoms with Gasteiger partial charge in [-0.05, 0) is 80.7 Å². The van der Waals surface area contributed by atoms with Gasteiger partial charge in [-0.15, -0.1) is 0 Å². The number of Topliss-reactive ketones (excluding diaryl/α,β-unsaturated/α-hetero) is 1. The fourth-order valence-corrected chi connectivity index (χ4v) is 4.45. The monoisotopic (exact) mass is 546 g/mol. The van der Waals surface area contributed by atoms with Crippen LogP contribution in [0.15, 0.2) is 35.4 Å². The number of carbonyl (C=O) groups is 3. The first kappa shape index (κ1) is 28.3. The quantitative estimate of drug-likeness (QED) is 0.203. The lowest BCUT2D eigenvalue weighted by Crippen LogP contribution is -2.12. The molecule has 1 saturated carbocycles. The van der Waals surface area contributed by atoms with E-state index in [2.05, 4.69) is 0 Å². The van der Waals surface area contributed by atoms with Crippen LogP contribution < -0.4 is 18.9 Å². The van der Waals surface area contributed by atoms with Crippen molar-refractivity contribution in [3.05, 3.63) is 56.6 Å². The Bertz CT molecular complexity index is 1180. The van der Waals surface area contributed by atoms with Crippen molar-refractivity contribution in [1.82, 2.24) is 0 Å². The molecule has 1 fully saturated rings. The van der Waals surface area contributed by atoms with Crippen LogP contribution in [0.1, 0.15) is 58.1 Å². The lowest BCUT2D eigenvalue weighted by atomic mass is 9.87. The molecule has 196 valence electrons. The molecular weight excluding hydrogens is 519 g/mol. The van der Waals surface area contributed by atoms with Crippen LogP contribution in [0.25, 0.3) is 12.2 Å². The van der Waals surface area contributed by atoms with Crippen molar-refractivity contribution in [3.8, 4) is 23.0 Å². The Morgan fingerprint density at radius 3 is 1.54 bits per heavy atom. The number of rotatable bonds is 8. The molecule has 0 heterocycles. The summed E-state index contributed by atoms with van der Waals surface area (Å²) in [6.07, 6.45) is 5.51. The summed E-state index contributed by atoms with van der Waals surface area (Å²) in [5.74, 6) is -0.188. The summed E-state index contributed by atoms with van der Waals surface area (Å²) in [7, 11) is 0. The van der Waals surface area contributed by atoms with Crippen molar-refractivity contribution in [1.29, 1.82) is 0 Å². The Balaban J connectivity index is 1.96. The molecule has 2 aromatic rings. The highest BCUT2D eigenvalue weighted by atomic mass is 35.5. The molecule has 9 heteroatoms. The van der Waals surface area contributed by atoms with E-state index in [0.29, 0.717) is 59.8 Å². The van der Waals surface area contributed by atoms with Gasteiger partial charge in [-0.3, -0.25) is 14.4 Å². The summed E-state index contributed by atoms with van der Waals surface area (Å²) >= 11 is 12.7. The molecule has 0 aromatic heterocycles. The molecule has 3 rings (SSSR count). The number of ketones is 1. The van der Waals surface area contributed by atoms with Crippen LogP contribution in [0, 0.1) is 0 Å². The average Bonchev–Trinajstić information content (AvgIpc) is 2.81. The van der Waals surface area contributed by atoms with Gasteiger partial charge in [0.1, 0.15) is 0 Å². The van der Waals surface area contributed by atoms with Crippen LogP contribution in [0.5, 0.6) is 23.0 Å². The van der Waals surface area contributed by atoms with Crippen molar-refractivity contribution >= 4 is 53.1 Å². The molecule has 0 spiro atoms. The molecule has 0 aliphatic heterocycles. The fourth-order valence-electron chi connectivity index (χ4n) is 3.93. The van der Waals surface area contributed by atoms with Crippen molar-refractivity contribution in [3.63, 3.8) is 0 Å². The van der Waals surface area contributed by atoms with Gasteiger partial charge in [-0.25, -0.2) is 0 Å². The smallest absolute Gasteiger partial charge is 0.308 e. The summed E-state index contributed by atoms with van der Waals surface area (Å²) in [4.78, 5) is 36.3. The number of esters is 2. The second-order valence-electron chi connectivity index (χ2n) is 8.24. The van der Waals surface area contributed by atoms with Crippen LogP contribution in [-0.4, -0.2) is 30.9 Å². The van der Waals surface area contributed by atoms with Gasteiger partial charge in [0.2, 0.25) is 0 Å². The maximum absolute atomic E-state index is 13.3. The highest BCUT2D eigenvalue weighted by molar-refractivity contribution is 6.33. The first-order valence-electron chi connectivity index (χ1n) is 11.9. The van der Waals surface area contributed by atoms with Crippen molar-refractivity contribution in [2.24, 2.45) is 0 Å². The summed E-state index contributed by atoms with van der Waals surface area (Å²) in [5.41, 5.74) is 2.54. The third kappa shape index (κ3) is 7.37. The first-order valence-corrected chi connectivity index (χ1v) is 12.6. The van der Waals surface area contributed by atoms with E-state index < -0.39 is 11.9 Å². The Morgan fingerprint density at radius 1 is 0.784 bits per heavy atom. The maximum Gasteiger partial charge on any atom is 0.308 e. The van der Waals surface area contributed by atoms with Crippen LogP contribution in [0.4, 0.5) is 0 Å². The van der Waals surface area contributed by atoms with Gasteiger partial charge in [0.15, 0.2) is 28.8 Å². The van der Waals surface area contributed by atoms with E-state index >= 15 is 0 Å². The van der Waals surface area contributed by atoms with Gasteiger partial charge < -0.3 is 18.9 Å². The van der Waals surface area contributed by atoms with Crippen LogP contribution in [0.3, 0.4) is 0 Å². The molecule has 0 amide bonds. The minimum atomic E-state index is -0.514. The Hall–Kier alpha value is -3.29. The molecular formula is C28H28Cl2O7. The number of carbonyl (C=O) groups excluding carboxylic acids is 3. The van der Waals surface area contributed by atoms with E-state index in [1.807, 2.05) is 0 Å². The predicted octanol–water partition coefficient (Wildman–Crippen LogP) is 6.86. The third-order valence-electron chi connectivity index (χ3n) is 5.31. The lowest BCUT2D eigenvalue weighted by molar-refractivity contribution is -0.132. The number of allylic oxidation sites excluding steroid dienone is 2.